The molecule has 0 saturated heterocycles. The van der Waals surface area contributed by atoms with Gasteiger partial charge in [0.25, 0.3) is 0 Å². The second kappa shape index (κ2) is 4.86. The molecule has 1 aromatic heterocycles. The van der Waals surface area contributed by atoms with Crippen molar-refractivity contribution in [3.8, 4) is 11.1 Å². The third-order valence-electron chi connectivity index (χ3n) is 2.52. The van der Waals surface area contributed by atoms with Gasteiger partial charge >= 0.3 is 0 Å². The lowest BCUT2D eigenvalue weighted by Gasteiger charge is -2.03. The SMILES string of the molecule is CCc1ncc(-c2cccc(CN)c2)cn1. The Morgan fingerprint density at radius 3 is 2.50 bits per heavy atom. The summed E-state index contributed by atoms with van der Waals surface area (Å²) in [6.45, 7) is 2.60. The molecule has 0 atom stereocenters. The van der Waals surface area contributed by atoms with E-state index >= 15 is 0 Å². The lowest BCUT2D eigenvalue weighted by molar-refractivity contribution is 0.941. The second-order valence-corrected chi connectivity index (χ2v) is 3.65. The minimum Gasteiger partial charge on any atom is -0.326 e. The van der Waals surface area contributed by atoms with E-state index in [-0.39, 0.29) is 0 Å². The first-order chi connectivity index (χ1) is 7.83. The molecule has 3 nitrogen and oxygen atoms in total. The van der Waals surface area contributed by atoms with Gasteiger partial charge in [-0.3, -0.25) is 0 Å². The highest BCUT2D eigenvalue weighted by atomic mass is 14.9. The van der Waals surface area contributed by atoms with E-state index in [1.54, 1.807) is 0 Å². The molecule has 0 spiro atoms. The summed E-state index contributed by atoms with van der Waals surface area (Å²) in [5.74, 6) is 0.874. The van der Waals surface area contributed by atoms with E-state index in [2.05, 4.69) is 16.0 Å². The summed E-state index contributed by atoms with van der Waals surface area (Å²) in [6.07, 6.45) is 4.59. The molecule has 1 heterocycles. The van der Waals surface area contributed by atoms with Crippen molar-refractivity contribution in [2.75, 3.05) is 0 Å². The van der Waals surface area contributed by atoms with Crippen LogP contribution >= 0.6 is 0 Å². The largest absolute Gasteiger partial charge is 0.326 e. The van der Waals surface area contributed by atoms with Crippen molar-refractivity contribution in [2.24, 2.45) is 5.73 Å². The van der Waals surface area contributed by atoms with Crippen molar-refractivity contribution >= 4 is 0 Å². The molecule has 1 aromatic carbocycles. The summed E-state index contributed by atoms with van der Waals surface area (Å²) in [7, 11) is 0. The standard InChI is InChI=1S/C13H15N3/c1-2-13-15-8-12(9-16-13)11-5-3-4-10(6-11)7-14/h3-6,8-9H,2,7,14H2,1H3. The summed E-state index contributed by atoms with van der Waals surface area (Å²) in [5, 5.41) is 0. The minimum absolute atomic E-state index is 0.557. The van der Waals surface area contributed by atoms with Crippen LogP contribution in [0.4, 0.5) is 0 Å². The molecule has 0 aliphatic heterocycles. The Morgan fingerprint density at radius 1 is 1.12 bits per heavy atom. The van der Waals surface area contributed by atoms with Gasteiger partial charge in [-0.05, 0) is 17.2 Å². The van der Waals surface area contributed by atoms with Gasteiger partial charge < -0.3 is 5.73 Å². The maximum Gasteiger partial charge on any atom is 0.127 e. The van der Waals surface area contributed by atoms with E-state index in [1.165, 1.54) is 0 Å². The van der Waals surface area contributed by atoms with Crippen molar-refractivity contribution in [1.82, 2.24) is 9.97 Å². The van der Waals surface area contributed by atoms with Gasteiger partial charge in [0.15, 0.2) is 0 Å². The molecule has 0 unspecified atom stereocenters. The van der Waals surface area contributed by atoms with Crippen LogP contribution in [0, 0.1) is 0 Å². The minimum atomic E-state index is 0.557. The molecule has 2 aromatic rings. The van der Waals surface area contributed by atoms with Crippen LogP contribution in [0.15, 0.2) is 36.7 Å². The molecular formula is C13H15N3. The normalized spacial score (nSPS) is 10.4. The zero-order valence-corrected chi connectivity index (χ0v) is 9.35. The second-order valence-electron chi connectivity index (χ2n) is 3.65. The van der Waals surface area contributed by atoms with E-state index in [4.69, 9.17) is 5.73 Å². The summed E-state index contributed by atoms with van der Waals surface area (Å²) in [4.78, 5) is 8.57. The van der Waals surface area contributed by atoms with Crippen LogP contribution in [-0.2, 0) is 13.0 Å². The van der Waals surface area contributed by atoms with Crippen molar-refractivity contribution in [2.45, 2.75) is 19.9 Å². The van der Waals surface area contributed by atoms with Gasteiger partial charge in [0.05, 0.1) is 0 Å². The fraction of sp³-hybridized carbons (Fsp3) is 0.231. The highest BCUT2D eigenvalue weighted by Gasteiger charge is 2.00. The van der Waals surface area contributed by atoms with Gasteiger partial charge in [-0.2, -0.15) is 0 Å². The third-order valence-corrected chi connectivity index (χ3v) is 2.52. The average Bonchev–Trinajstić information content (AvgIpc) is 2.39. The number of benzene rings is 1. The van der Waals surface area contributed by atoms with Gasteiger partial charge in [0.2, 0.25) is 0 Å². The first kappa shape index (κ1) is 10.8. The number of hydrogen-bond acceptors (Lipinski definition) is 3. The quantitative estimate of drug-likeness (QED) is 0.850. The number of nitrogens with two attached hydrogens (primary N) is 1. The van der Waals surface area contributed by atoms with E-state index in [0.717, 1.165) is 28.9 Å². The van der Waals surface area contributed by atoms with Crippen molar-refractivity contribution in [1.29, 1.82) is 0 Å². The molecule has 0 radical (unpaired) electrons. The van der Waals surface area contributed by atoms with Crippen LogP contribution < -0.4 is 5.73 Å². The van der Waals surface area contributed by atoms with E-state index in [0.29, 0.717) is 6.54 Å². The van der Waals surface area contributed by atoms with Gasteiger partial charge in [0, 0.05) is 30.9 Å². The summed E-state index contributed by atoms with van der Waals surface area (Å²) < 4.78 is 0. The Kier molecular flexibility index (Phi) is 3.27. The molecule has 82 valence electrons. The van der Waals surface area contributed by atoms with Crippen LogP contribution in [0.1, 0.15) is 18.3 Å². The van der Waals surface area contributed by atoms with Gasteiger partial charge in [-0.1, -0.05) is 25.1 Å². The van der Waals surface area contributed by atoms with Gasteiger partial charge in [0.1, 0.15) is 5.82 Å². The highest BCUT2D eigenvalue weighted by Crippen LogP contribution is 2.18. The molecule has 2 N–H and O–H groups in total. The topological polar surface area (TPSA) is 51.8 Å². The van der Waals surface area contributed by atoms with Crippen molar-refractivity contribution < 1.29 is 0 Å². The fourth-order valence-corrected chi connectivity index (χ4v) is 1.56. The zero-order chi connectivity index (χ0) is 11.4. The number of rotatable bonds is 3. The molecule has 0 amide bonds. The molecule has 0 fully saturated rings. The molecule has 3 heteroatoms. The Bertz CT molecular complexity index is 463. The van der Waals surface area contributed by atoms with Crippen LogP contribution in [0.25, 0.3) is 11.1 Å². The lowest BCUT2D eigenvalue weighted by Crippen LogP contribution is -1.96. The number of aryl methyl sites for hydroxylation is 1. The Hall–Kier alpha value is -1.74. The third kappa shape index (κ3) is 2.25. The number of nitrogens with zero attached hydrogens (tertiary/aromatic N) is 2. The number of aromatic nitrogens is 2. The van der Waals surface area contributed by atoms with Crippen molar-refractivity contribution in [3.63, 3.8) is 0 Å². The number of hydrogen-bond donors (Lipinski definition) is 1. The Morgan fingerprint density at radius 2 is 1.88 bits per heavy atom. The molecule has 16 heavy (non-hydrogen) atoms. The monoisotopic (exact) mass is 213 g/mol. The Labute approximate surface area is 95.4 Å². The van der Waals surface area contributed by atoms with Crippen LogP contribution in [0.3, 0.4) is 0 Å². The molecule has 0 aliphatic rings. The van der Waals surface area contributed by atoms with E-state index < -0.39 is 0 Å². The maximum atomic E-state index is 5.61. The molecule has 0 aliphatic carbocycles. The molecular weight excluding hydrogens is 198 g/mol. The molecule has 0 saturated carbocycles. The fourth-order valence-electron chi connectivity index (χ4n) is 1.56. The van der Waals surface area contributed by atoms with Gasteiger partial charge in [-0.15, -0.1) is 0 Å². The molecule has 2 rings (SSSR count). The lowest BCUT2D eigenvalue weighted by atomic mass is 10.1. The average molecular weight is 213 g/mol. The smallest absolute Gasteiger partial charge is 0.127 e. The summed E-state index contributed by atoms with van der Waals surface area (Å²) in [5.41, 5.74) is 8.88. The highest BCUT2D eigenvalue weighted by molar-refractivity contribution is 5.62. The van der Waals surface area contributed by atoms with Gasteiger partial charge in [-0.25, -0.2) is 9.97 Å². The van der Waals surface area contributed by atoms with Crippen molar-refractivity contribution in [3.05, 3.63) is 48.0 Å². The maximum absolute atomic E-state index is 5.61. The molecule has 0 bridgehead atoms. The summed E-state index contributed by atoms with van der Waals surface area (Å²) in [6, 6.07) is 8.14. The van der Waals surface area contributed by atoms with E-state index in [1.807, 2.05) is 37.5 Å². The first-order valence-corrected chi connectivity index (χ1v) is 5.43. The van der Waals surface area contributed by atoms with Crippen LogP contribution in [0.2, 0.25) is 0 Å². The predicted octanol–water partition coefficient (Wildman–Crippen LogP) is 2.16. The zero-order valence-electron chi connectivity index (χ0n) is 9.35. The first-order valence-electron chi connectivity index (χ1n) is 5.43. The van der Waals surface area contributed by atoms with Crippen LogP contribution in [-0.4, -0.2) is 9.97 Å². The Balaban J connectivity index is 2.34. The van der Waals surface area contributed by atoms with E-state index in [9.17, 15) is 0 Å². The van der Waals surface area contributed by atoms with Crippen LogP contribution in [0.5, 0.6) is 0 Å². The predicted molar refractivity (Wildman–Crippen MR) is 64.7 cm³/mol. The summed E-state index contributed by atoms with van der Waals surface area (Å²) >= 11 is 0.